The average Bonchev–Trinajstić information content (AvgIpc) is 2.55. The van der Waals surface area contributed by atoms with Crippen molar-refractivity contribution in [3.05, 3.63) is 0 Å². The summed E-state index contributed by atoms with van der Waals surface area (Å²) in [5.74, 6) is 0.709. The van der Waals surface area contributed by atoms with Crippen molar-refractivity contribution in [3.8, 4) is 0 Å². The van der Waals surface area contributed by atoms with E-state index in [1.165, 1.54) is 6.54 Å². The van der Waals surface area contributed by atoms with Crippen LogP contribution < -0.4 is 5.73 Å². The summed E-state index contributed by atoms with van der Waals surface area (Å²) in [4.78, 5) is 2.52. The van der Waals surface area contributed by atoms with Crippen LogP contribution in [0.5, 0.6) is 0 Å². The van der Waals surface area contributed by atoms with Crippen molar-refractivity contribution in [1.29, 1.82) is 0 Å². The molecule has 2 aliphatic rings. The van der Waals surface area contributed by atoms with Crippen molar-refractivity contribution < 1.29 is 4.74 Å². The smallest absolute Gasteiger partial charge is 0.0625 e. The molecule has 0 amide bonds. The SMILES string of the molecule is CC(N)CN1CC(C)(C)C2COCC21. The zero-order valence-electron chi connectivity index (χ0n) is 9.49. The summed E-state index contributed by atoms with van der Waals surface area (Å²) in [5.41, 5.74) is 6.26. The molecule has 3 heteroatoms. The lowest BCUT2D eigenvalue weighted by molar-refractivity contribution is 0.118. The lowest BCUT2D eigenvalue weighted by Gasteiger charge is -2.25. The maximum absolute atomic E-state index is 5.86. The van der Waals surface area contributed by atoms with Crippen molar-refractivity contribution >= 4 is 0 Å². The molecule has 2 saturated heterocycles. The van der Waals surface area contributed by atoms with Gasteiger partial charge < -0.3 is 10.5 Å². The molecule has 0 aliphatic carbocycles. The van der Waals surface area contributed by atoms with Crippen LogP contribution >= 0.6 is 0 Å². The molecule has 82 valence electrons. The fourth-order valence-electron chi connectivity index (χ4n) is 2.98. The highest BCUT2D eigenvalue weighted by Gasteiger charge is 2.49. The van der Waals surface area contributed by atoms with E-state index in [0.29, 0.717) is 17.4 Å². The van der Waals surface area contributed by atoms with Crippen LogP contribution in [0.15, 0.2) is 0 Å². The predicted molar refractivity (Wildman–Crippen MR) is 57.1 cm³/mol. The number of nitrogens with zero attached hydrogens (tertiary/aromatic N) is 1. The lowest BCUT2D eigenvalue weighted by Crippen LogP contribution is -2.40. The molecule has 0 saturated carbocycles. The second-order valence-electron chi connectivity index (χ2n) is 5.61. The van der Waals surface area contributed by atoms with Gasteiger partial charge in [0.2, 0.25) is 0 Å². The van der Waals surface area contributed by atoms with Gasteiger partial charge >= 0.3 is 0 Å². The van der Waals surface area contributed by atoms with Crippen LogP contribution in [0.2, 0.25) is 0 Å². The van der Waals surface area contributed by atoms with Crippen molar-refractivity contribution in [2.75, 3.05) is 26.3 Å². The van der Waals surface area contributed by atoms with Crippen molar-refractivity contribution in [1.82, 2.24) is 4.90 Å². The average molecular weight is 198 g/mol. The van der Waals surface area contributed by atoms with Gasteiger partial charge in [0.25, 0.3) is 0 Å². The molecule has 0 radical (unpaired) electrons. The number of hydrogen-bond acceptors (Lipinski definition) is 3. The number of likely N-dealkylation sites (tertiary alicyclic amines) is 1. The van der Waals surface area contributed by atoms with E-state index in [9.17, 15) is 0 Å². The van der Waals surface area contributed by atoms with Crippen LogP contribution in [0.4, 0.5) is 0 Å². The topological polar surface area (TPSA) is 38.5 Å². The largest absolute Gasteiger partial charge is 0.379 e. The Morgan fingerprint density at radius 2 is 2.21 bits per heavy atom. The first kappa shape index (κ1) is 10.4. The van der Waals surface area contributed by atoms with Gasteiger partial charge in [-0.15, -0.1) is 0 Å². The number of rotatable bonds is 2. The van der Waals surface area contributed by atoms with Crippen LogP contribution in [-0.2, 0) is 4.74 Å². The van der Waals surface area contributed by atoms with Crippen LogP contribution in [0.25, 0.3) is 0 Å². The van der Waals surface area contributed by atoms with E-state index >= 15 is 0 Å². The molecule has 0 bridgehead atoms. The number of fused-ring (bicyclic) bond motifs is 1. The van der Waals surface area contributed by atoms with Gasteiger partial charge in [-0.05, 0) is 12.3 Å². The minimum atomic E-state index is 0.269. The van der Waals surface area contributed by atoms with Crippen LogP contribution in [0.3, 0.4) is 0 Å². The lowest BCUT2D eigenvalue weighted by atomic mass is 9.80. The highest BCUT2D eigenvalue weighted by Crippen LogP contribution is 2.42. The summed E-state index contributed by atoms with van der Waals surface area (Å²) in [6, 6.07) is 0.890. The Hall–Kier alpha value is -0.120. The standard InChI is InChI=1S/C11H22N2O/c1-8(12)4-13-7-11(2,3)9-5-14-6-10(9)13/h8-10H,4-7,12H2,1-3H3. The third kappa shape index (κ3) is 1.69. The molecular formula is C11H22N2O. The zero-order valence-corrected chi connectivity index (χ0v) is 9.49. The Balaban J connectivity index is 2.07. The van der Waals surface area contributed by atoms with Gasteiger partial charge in [-0.1, -0.05) is 13.8 Å². The summed E-state index contributed by atoms with van der Waals surface area (Å²) < 4.78 is 5.58. The van der Waals surface area contributed by atoms with E-state index in [4.69, 9.17) is 10.5 Å². The number of nitrogens with two attached hydrogens (primary N) is 1. The first-order valence-electron chi connectivity index (χ1n) is 5.58. The van der Waals surface area contributed by atoms with E-state index in [2.05, 4.69) is 25.7 Å². The van der Waals surface area contributed by atoms with Gasteiger partial charge in [0.1, 0.15) is 0 Å². The molecule has 3 nitrogen and oxygen atoms in total. The quantitative estimate of drug-likeness (QED) is 0.709. The van der Waals surface area contributed by atoms with Crippen LogP contribution in [-0.4, -0.2) is 43.3 Å². The normalized spacial score (nSPS) is 38.6. The van der Waals surface area contributed by atoms with Gasteiger partial charge in [0, 0.05) is 31.1 Å². The molecule has 3 unspecified atom stereocenters. The second-order valence-corrected chi connectivity index (χ2v) is 5.61. The molecule has 2 rings (SSSR count). The van der Waals surface area contributed by atoms with E-state index in [1.807, 2.05) is 0 Å². The van der Waals surface area contributed by atoms with Crippen molar-refractivity contribution in [2.45, 2.75) is 32.9 Å². The van der Waals surface area contributed by atoms with Gasteiger partial charge in [-0.2, -0.15) is 0 Å². The maximum Gasteiger partial charge on any atom is 0.0625 e. The highest BCUT2D eigenvalue weighted by molar-refractivity contribution is 5.01. The molecule has 0 aromatic heterocycles. The molecule has 0 aromatic rings. The summed E-state index contributed by atoms with van der Waals surface area (Å²) in [6.07, 6.45) is 0. The molecule has 2 fully saturated rings. The minimum Gasteiger partial charge on any atom is -0.379 e. The summed E-state index contributed by atoms with van der Waals surface area (Å²) in [5, 5.41) is 0. The van der Waals surface area contributed by atoms with E-state index < -0.39 is 0 Å². The molecule has 2 heterocycles. The van der Waals surface area contributed by atoms with E-state index in [-0.39, 0.29) is 6.04 Å². The minimum absolute atomic E-state index is 0.269. The Morgan fingerprint density at radius 3 is 2.86 bits per heavy atom. The van der Waals surface area contributed by atoms with E-state index in [0.717, 1.165) is 19.8 Å². The molecule has 0 aromatic carbocycles. The molecule has 0 spiro atoms. The second kappa shape index (κ2) is 3.47. The van der Waals surface area contributed by atoms with Gasteiger partial charge in [0.15, 0.2) is 0 Å². The fourth-order valence-corrected chi connectivity index (χ4v) is 2.98. The number of ether oxygens (including phenoxy) is 1. The molecule has 14 heavy (non-hydrogen) atoms. The summed E-state index contributed by atoms with van der Waals surface area (Å²) in [6.45, 7) is 10.8. The third-order valence-corrected chi connectivity index (χ3v) is 3.66. The Kier molecular flexibility index (Phi) is 2.58. The third-order valence-electron chi connectivity index (χ3n) is 3.66. The van der Waals surface area contributed by atoms with Gasteiger partial charge in [-0.25, -0.2) is 0 Å². The zero-order chi connectivity index (χ0) is 10.3. The monoisotopic (exact) mass is 198 g/mol. The van der Waals surface area contributed by atoms with Gasteiger partial charge in [0.05, 0.1) is 13.2 Å². The van der Waals surface area contributed by atoms with Gasteiger partial charge in [-0.3, -0.25) is 4.90 Å². The molecule has 2 aliphatic heterocycles. The number of hydrogen-bond donors (Lipinski definition) is 1. The summed E-state index contributed by atoms with van der Waals surface area (Å²) in [7, 11) is 0. The highest BCUT2D eigenvalue weighted by atomic mass is 16.5. The summed E-state index contributed by atoms with van der Waals surface area (Å²) >= 11 is 0. The Bertz CT molecular complexity index is 215. The molecule has 2 N–H and O–H groups in total. The maximum atomic E-state index is 5.86. The Labute approximate surface area is 86.6 Å². The van der Waals surface area contributed by atoms with E-state index in [1.54, 1.807) is 0 Å². The molecule has 3 atom stereocenters. The Morgan fingerprint density at radius 1 is 1.50 bits per heavy atom. The first-order valence-corrected chi connectivity index (χ1v) is 5.58. The molecular weight excluding hydrogens is 176 g/mol. The van der Waals surface area contributed by atoms with Crippen molar-refractivity contribution in [3.63, 3.8) is 0 Å². The van der Waals surface area contributed by atoms with Crippen LogP contribution in [0, 0.1) is 11.3 Å². The first-order chi connectivity index (χ1) is 6.50. The fraction of sp³-hybridized carbons (Fsp3) is 1.00. The van der Waals surface area contributed by atoms with Crippen LogP contribution in [0.1, 0.15) is 20.8 Å². The van der Waals surface area contributed by atoms with Crippen molar-refractivity contribution in [2.24, 2.45) is 17.1 Å². The predicted octanol–water partition coefficient (Wildman–Crippen LogP) is 0.690.